The maximum atomic E-state index is 12.5. The van der Waals surface area contributed by atoms with E-state index in [1.165, 1.54) is 0 Å². The summed E-state index contributed by atoms with van der Waals surface area (Å²) in [5, 5.41) is 6.34. The molecule has 0 bridgehead atoms. The number of halogens is 1. The molecule has 8 heteroatoms. The van der Waals surface area contributed by atoms with Crippen LogP contribution in [-0.2, 0) is 9.53 Å². The average Bonchev–Trinajstić information content (AvgIpc) is 2.70. The molecule has 176 valence electrons. The maximum Gasteiger partial charge on any atom is 0.344 e. The van der Waals surface area contributed by atoms with E-state index in [2.05, 4.69) is 22.8 Å². The summed E-state index contributed by atoms with van der Waals surface area (Å²) in [6.45, 7) is 7.23. The standard InChI is InChI=1S/C25H29ClN2O5/c1-15(2)32-22(29)13-31-21-11-20-17(10-19(21)26)18(16-8-6-5-7-9-16)12-25(33-20)14-24(3,4)27-23(30)28-25/h5-11,15,18H,12-14H2,1-4H3,(H2,27,28,30)/t18-,25-/m1/s1. The molecule has 2 atom stereocenters. The molecule has 0 aromatic heterocycles. The lowest BCUT2D eigenvalue weighted by molar-refractivity contribution is -0.149. The second kappa shape index (κ2) is 8.78. The van der Waals surface area contributed by atoms with E-state index in [-0.39, 0.29) is 24.7 Å². The molecule has 2 aromatic rings. The third kappa shape index (κ3) is 5.19. The van der Waals surface area contributed by atoms with Crippen LogP contribution < -0.4 is 20.1 Å². The molecule has 2 aliphatic rings. The van der Waals surface area contributed by atoms with E-state index in [0.29, 0.717) is 29.4 Å². The van der Waals surface area contributed by atoms with Crippen molar-refractivity contribution in [2.45, 2.75) is 63.8 Å². The number of esters is 1. The van der Waals surface area contributed by atoms with E-state index in [9.17, 15) is 9.59 Å². The molecule has 1 saturated heterocycles. The molecule has 2 amide bonds. The van der Waals surface area contributed by atoms with Gasteiger partial charge in [-0.15, -0.1) is 0 Å². The molecule has 0 radical (unpaired) electrons. The number of amides is 2. The zero-order valence-electron chi connectivity index (χ0n) is 19.2. The molecule has 0 aliphatic carbocycles. The number of rotatable bonds is 5. The lowest BCUT2D eigenvalue weighted by Crippen LogP contribution is -2.69. The fraction of sp³-hybridized carbons (Fsp3) is 0.440. The third-order valence-electron chi connectivity index (χ3n) is 5.71. The van der Waals surface area contributed by atoms with Crippen LogP contribution in [0.4, 0.5) is 4.79 Å². The highest BCUT2D eigenvalue weighted by molar-refractivity contribution is 6.32. The van der Waals surface area contributed by atoms with Crippen LogP contribution in [0.5, 0.6) is 11.5 Å². The van der Waals surface area contributed by atoms with Crippen LogP contribution in [0, 0.1) is 0 Å². The predicted molar refractivity (Wildman–Crippen MR) is 125 cm³/mol. The average molecular weight is 473 g/mol. The van der Waals surface area contributed by atoms with Gasteiger partial charge in [0.05, 0.1) is 11.1 Å². The van der Waals surface area contributed by atoms with E-state index >= 15 is 0 Å². The first-order valence-electron chi connectivity index (χ1n) is 11.1. The van der Waals surface area contributed by atoms with Gasteiger partial charge >= 0.3 is 12.0 Å². The lowest BCUT2D eigenvalue weighted by Gasteiger charge is -2.49. The fourth-order valence-corrected chi connectivity index (χ4v) is 4.89. The molecule has 2 heterocycles. The molecule has 0 saturated carbocycles. The summed E-state index contributed by atoms with van der Waals surface area (Å²) in [5.74, 6) is 0.344. The van der Waals surface area contributed by atoms with Gasteiger partial charge in [0, 0.05) is 35.9 Å². The van der Waals surface area contributed by atoms with Crippen molar-refractivity contribution < 1.29 is 23.8 Å². The molecule has 33 heavy (non-hydrogen) atoms. The van der Waals surface area contributed by atoms with Gasteiger partial charge in [0.25, 0.3) is 0 Å². The van der Waals surface area contributed by atoms with Gasteiger partial charge in [-0.3, -0.25) is 0 Å². The zero-order valence-corrected chi connectivity index (χ0v) is 20.0. The van der Waals surface area contributed by atoms with Gasteiger partial charge in [0.15, 0.2) is 12.3 Å². The first-order chi connectivity index (χ1) is 15.6. The van der Waals surface area contributed by atoms with E-state index in [0.717, 1.165) is 11.1 Å². The molecule has 1 fully saturated rings. The van der Waals surface area contributed by atoms with Crippen molar-refractivity contribution in [3.63, 3.8) is 0 Å². The minimum atomic E-state index is -0.902. The summed E-state index contributed by atoms with van der Waals surface area (Å²) in [7, 11) is 0. The summed E-state index contributed by atoms with van der Waals surface area (Å²) in [6, 6.07) is 13.3. The number of carbonyl (C=O) groups excluding carboxylic acids is 2. The fourth-order valence-electron chi connectivity index (χ4n) is 4.66. The normalized spacial score (nSPS) is 23.2. The molecule has 2 aromatic carbocycles. The Bertz CT molecular complexity index is 1060. The summed E-state index contributed by atoms with van der Waals surface area (Å²) in [6.07, 6.45) is 0.883. The Labute approximate surface area is 198 Å². The Morgan fingerprint density at radius 3 is 2.61 bits per heavy atom. The van der Waals surface area contributed by atoms with E-state index < -0.39 is 17.2 Å². The van der Waals surface area contributed by atoms with Gasteiger partial charge in [-0.05, 0) is 39.3 Å². The third-order valence-corrected chi connectivity index (χ3v) is 6.01. The van der Waals surface area contributed by atoms with Crippen molar-refractivity contribution in [2.24, 2.45) is 0 Å². The molecular formula is C25H29ClN2O5. The van der Waals surface area contributed by atoms with Gasteiger partial charge < -0.3 is 24.8 Å². The number of benzene rings is 2. The van der Waals surface area contributed by atoms with Crippen molar-refractivity contribution in [3.05, 3.63) is 58.6 Å². The Kier molecular flexibility index (Phi) is 6.18. The van der Waals surface area contributed by atoms with Gasteiger partial charge in [0.1, 0.15) is 11.5 Å². The van der Waals surface area contributed by atoms with Crippen LogP contribution >= 0.6 is 11.6 Å². The number of hydrogen-bond donors (Lipinski definition) is 2. The van der Waals surface area contributed by atoms with E-state index in [4.69, 9.17) is 25.8 Å². The minimum absolute atomic E-state index is 0.0541. The molecule has 4 rings (SSSR count). The second-order valence-corrected chi connectivity index (χ2v) is 9.96. The monoisotopic (exact) mass is 472 g/mol. The lowest BCUT2D eigenvalue weighted by atomic mass is 9.77. The number of nitrogens with one attached hydrogen (secondary N) is 2. The zero-order chi connectivity index (χ0) is 23.8. The van der Waals surface area contributed by atoms with Crippen LogP contribution in [0.3, 0.4) is 0 Å². The highest BCUT2D eigenvalue weighted by Gasteiger charge is 2.49. The molecule has 1 spiro atoms. The topological polar surface area (TPSA) is 85.9 Å². The molecular weight excluding hydrogens is 444 g/mol. The van der Waals surface area contributed by atoms with Crippen LogP contribution in [0.15, 0.2) is 42.5 Å². The van der Waals surface area contributed by atoms with Crippen LogP contribution in [0.25, 0.3) is 0 Å². The first kappa shape index (κ1) is 23.2. The number of fused-ring (bicyclic) bond motifs is 1. The number of carbonyl (C=O) groups is 2. The highest BCUT2D eigenvalue weighted by atomic mass is 35.5. The quantitative estimate of drug-likeness (QED) is 0.612. The van der Waals surface area contributed by atoms with Gasteiger partial charge in [-0.25, -0.2) is 9.59 Å². The van der Waals surface area contributed by atoms with Gasteiger partial charge in [0.2, 0.25) is 0 Å². The van der Waals surface area contributed by atoms with Crippen LogP contribution in [0.2, 0.25) is 5.02 Å². The Hall–Kier alpha value is -2.93. The first-order valence-corrected chi connectivity index (χ1v) is 11.4. The molecule has 0 unspecified atom stereocenters. The SMILES string of the molecule is CC(C)OC(=O)COc1cc2c(cc1Cl)[C@@H](c1ccccc1)C[C@]1(CC(C)(C)NC(=O)N1)O2. The Morgan fingerprint density at radius 1 is 1.21 bits per heavy atom. The summed E-state index contributed by atoms with van der Waals surface area (Å²) >= 11 is 6.54. The number of hydrogen-bond acceptors (Lipinski definition) is 5. The smallest absolute Gasteiger partial charge is 0.344 e. The van der Waals surface area contributed by atoms with E-state index in [1.54, 1.807) is 19.9 Å². The van der Waals surface area contributed by atoms with Gasteiger partial charge in [-0.2, -0.15) is 0 Å². The molecule has 2 N–H and O–H groups in total. The van der Waals surface area contributed by atoms with E-state index in [1.807, 2.05) is 38.1 Å². The largest absolute Gasteiger partial charge is 0.480 e. The summed E-state index contributed by atoms with van der Waals surface area (Å²) in [4.78, 5) is 24.4. The van der Waals surface area contributed by atoms with Crippen molar-refractivity contribution in [1.82, 2.24) is 10.6 Å². The Balaban J connectivity index is 1.71. The van der Waals surface area contributed by atoms with Crippen LogP contribution in [0.1, 0.15) is 57.6 Å². The van der Waals surface area contributed by atoms with Crippen molar-refractivity contribution in [3.8, 4) is 11.5 Å². The number of urea groups is 1. The Morgan fingerprint density at radius 2 is 1.94 bits per heavy atom. The van der Waals surface area contributed by atoms with Crippen LogP contribution in [-0.4, -0.2) is 36.0 Å². The second-order valence-electron chi connectivity index (χ2n) is 9.55. The summed E-state index contributed by atoms with van der Waals surface area (Å²) in [5.41, 5.74) is 0.644. The van der Waals surface area contributed by atoms with Crippen molar-refractivity contribution >= 4 is 23.6 Å². The maximum absolute atomic E-state index is 12.5. The summed E-state index contributed by atoms with van der Waals surface area (Å²) < 4.78 is 17.2. The van der Waals surface area contributed by atoms with Crippen molar-refractivity contribution in [2.75, 3.05) is 6.61 Å². The predicted octanol–water partition coefficient (Wildman–Crippen LogP) is 4.76. The highest BCUT2D eigenvalue weighted by Crippen LogP contribution is 2.49. The number of ether oxygens (including phenoxy) is 3. The molecule has 2 aliphatic heterocycles. The minimum Gasteiger partial charge on any atom is -0.480 e. The van der Waals surface area contributed by atoms with Gasteiger partial charge in [-0.1, -0.05) is 41.9 Å². The molecule has 7 nitrogen and oxygen atoms in total. The van der Waals surface area contributed by atoms with Crippen molar-refractivity contribution in [1.29, 1.82) is 0 Å².